The number of rotatable bonds is 3. The summed E-state index contributed by atoms with van der Waals surface area (Å²) in [6.45, 7) is 40.4. The highest BCUT2D eigenvalue weighted by Crippen LogP contribution is 2.63. The second-order valence-corrected chi connectivity index (χ2v) is 26.4. The van der Waals surface area contributed by atoms with Gasteiger partial charge in [0.2, 0.25) is 0 Å². The van der Waals surface area contributed by atoms with Gasteiger partial charge in [0.05, 0.1) is 5.54 Å². The summed E-state index contributed by atoms with van der Waals surface area (Å²) < 4.78 is 0. The van der Waals surface area contributed by atoms with Gasteiger partial charge >= 0.3 is 0 Å². The van der Waals surface area contributed by atoms with Gasteiger partial charge in [-0.3, -0.25) is 0 Å². The van der Waals surface area contributed by atoms with Gasteiger partial charge in [-0.2, -0.15) is 0 Å². The maximum atomic E-state index is 2.77. The van der Waals surface area contributed by atoms with Crippen molar-refractivity contribution in [3.8, 4) is 0 Å². The van der Waals surface area contributed by atoms with E-state index >= 15 is 0 Å². The van der Waals surface area contributed by atoms with Crippen LogP contribution in [0.1, 0.15) is 170 Å². The van der Waals surface area contributed by atoms with Gasteiger partial charge < -0.3 is 14.7 Å². The van der Waals surface area contributed by atoms with Crippen LogP contribution in [0, 0.1) is 0 Å². The molecule has 0 saturated heterocycles. The normalized spacial score (nSPS) is 20.1. The molecule has 0 spiro atoms. The van der Waals surface area contributed by atoms with Crippen molar-refractivity contribution >= 4 is 68.6 Å². The number of hydrogen-bond donors (Lipinski definition) is 0. The molecular weight excluding hydrogens is 810 g/mol. The molecule has 3 nitrogen and oxygen atoms in total. The molecule has 10 rings (SSSR count). The van der Waals surface area contributed by atoms with E-state index in [4.69, 9.17) is 0 Å². The predicted octanol–water partition coefficient (Wildman–Crippen LogP) is 15.6. The Morgan fingerprint density at radius 1 is 0.403 bits per heavy atom. The van der Waals surface area contributed by atoms with Crippen LogP contribution >= 0.6 is 0 Å². The molecule has 0 bridgehead atoms. The van der Waals surface area contributed by atoms with Crippen LogP contribution < -0.4 is 31.1 Å². The van der Waals surface area contributed by atoms with Crippen molar-refractivity contribution in [3.05, 3.63) is 149 Å². The van der Waals surface area contributed by atoms with Gasteiger partial charge in [-0.15, -0.1) is 0 Å². The Morgan fingerprint density at radius 3 is 1.48 bits per heavy atom. The lowest BCUT2D eigenvalue weighted by atomic mass is 9.33. The Labute approximate surface area is 405 Å². The summed E-state index contributed by atoms with van der Waals surface area (Å²) >= 11 is 0. The van der Waals surface area contributed by atoms with Crippen LogP contribution in [0.4, 0.5) is 45.5 Å². The summed E-state index contributed by atoms with van der Waals surface area (Å²) in [7, 11) is 0. The Balaban J connectivity index is 1.29. The first-order chi connectivity index (χ1) is 31.1. The highest BCUT2D eigenvalue weighted by molar-refractivity contribution is 7.00. The Hall–Kier alpha value is -5.22. The zero-order valence-electron chi connectivity index (χ0n) is 44.0. The SMILES string of the molecule is CC(C)(C)c1ccc(N2c3cc(N4c5ccc(C(C)(C)C)cc5C5(C)CCCC45C)ccc3B3c4ccc(C(C)(C)C)cc4N(c4cccc(C(C)(C)C)c4)c4cc(C(C)(C)C)cc2c43)cc1. The summed E-state index contributed by atoms with van der Waals surface area (Å²) in [6, 6.07) is 46.4. The highest BCUT2D eigenvalue weighted by atomic mass is 15.3. The van der Waals surface area contributed by atoms with Gasteiger partial charge in [0.25, 0.3) is 6.71 Å². The number of nitrogens with zero attached hydrogens (tertiary/aromatic N) is 3. The second kappa shape index (κ2) is 14.6. The summed E-state index contributed by atoms with van der Waals surface area (Å²) in [5.74, 6) is 0. The Bertz CT molecular complexity index is 2960. The lowest BCUT2D eigenvalue weighted by molar-refractivity contribution is 0.330. The van der Waals surface area contributed by atoms with Crippen molar-refractivity contribution in [3.63, 3.8) is 0 Å². The number of anilines is 8. The standard InChI is InChI=1S/C63H76BN3/c1-57(2,3)40-22-26-45(27-23-40)65-53-39-47(67-51-31-25-42(59(7,8)9)35-48(51)62(16)32-19-33-63(62,67)17)28-30-50(53)64-49-29-24-43(60(10,11)12)36-52(49)66(46-21-18-20-41(34-46)58(4,5)6)55-38-44(61(13,14)15)37-54(65)56(55)64/h18,20-31,34-39H,19,32-33H2,1-17H3. The molecule has 346 valence electrons. The zero-order valence-corrected chi connectivity index (χ0v) is 44.0. The van der Waals surface area contributed by atoms with Crippen molar-refractivity contribution in [1.82, 2.24) is 0 Å². The summed E-state index contributed by atoms with van der Waals surface area (Å²) in [5, 5.41) is 0. The fourth-order valence-corrected chi connectivity index (χ4v) is 12.2. The molecule has 6 aromatic rings. The summed E-state index contributed by atoms with van der Waals surface area (Å²) in [5.41, 5.74) is 22.6. The monoisotopic (exact) mass is 886 g/mol. The first kappa shape index (κ1) is 45.6. The molecule has 2 atom stereocenters. The highest BCUT2D eigenvalue weighted by Gasteiger charge is 2.60. The fourth-order valence-electron chi connectivity index (χ4n) is 12.2. The Morgan fingerprint density at radius 2 is 0.881 bits per heavy atom. The fraction of sp³-hybridized carbons (Fsp3) is 0.429. The van der Waals surface area contributed by atoms with Crippen molar-refractivity contribution < 1.29 is 0 Å². The lowest BCUT2D eigenvalue weighted by Crippen LogP contribution is -2.61. The lowest BCUT2D eigenvalue weighted by Gasteiger charge is -2.46. The zero-order chi connectivity index (χ0) is 48.2. The maximum Gasteiger partial charge on any atom is 0.252 e. The van der Waals surface area contributed by atoms with Gasteiger partial charge in [-0.25, -0.2) is 0 Å². The average molecular weight is 886 g/mol. The predicted molar refractivity (Wildman–Crippen MR) is 292 cm³/mol. The number of fused-ring (bicyclic) bond motifs is 7. The molecular formula is C63H76BN3. The van der Waals surface area contributed by atoms with Crippen LogP contribution in [0.2, 0.25) is 0 Å². The largest absolute Gasteiger partial charge is 0.334 e. The van der Waals surface area contributed by atoms with E-state index in [9.17, 15) is 0 Å². The molecule has 67 heavy (non-hydrogen) atoms. The van der Waals surface area contributed by atoms with Crippen LogP contribution in [0.5, 0.6) is 0 Å². The van der Waals surface area contributed by atoms with E-state index in [1.54, 1.807) is 0 Å². The second-order valence-electron chi connectivity index (χ2n) is 26.4. The average Bonchev–Trinajstić information content (AvgIpc) is 3.64. The summed E-state index contributed by atoms with van der Waals surface area (Å²) in [4.78, 5) is 8.03. The molecule has 3 aliphatic heterocycles. The molecule has 3 heterocycles. The van der Waals surface area contributed by atoms with Crippen molar-refractivity contribution in [2.24, 2.45) is 0 Å². The minimum Gasteiger partial charge on any atom is -0.334 e. The van der Waals surface area contributed by atoms with Crippen molar-refractivity contribution in [2.45, 2.75) is 175 Å². The molecule has 6 aromatic carbocycles. The molecule has 0 aromatic heterocycles. The van der Waals surface area contributed by atoms with E-state index in [1.807, 2.05) is 0 Å². The van der Waals surface area contributed by atoms with E-state index in [2.05, 4.69) is 248 Å². The first-order valence-corrected chi connectivity index (χ1v) is 25.3. The molecule has 0 N–H and O–H groups in total. The van der Waals surface area contributed by atoms with E-state index in [-0.39, 0.29) is 44.7 Å². The molecule has 2 unspecified atom stereocenters. The molecule has 4 aliphatic rings. The minimum atomic E-state index is -0.107. The molecule has 1 saturated carbocycles. The van der Waals surface area contributed by atoms with Gasteiger partial charge in [-0.1, -0.05) is 172 Å². The Kier molecular flexibility index (Phi) is 9.96. The number of hydrogen-bond acceptors (Lipinski definition) is 3. The quantitative estimate of drug-likeness (QED) is 0.164. The molecule has 4 heteroatoms. The molecule has 1 fully saturated rings. The van der Waals surface area contributed by atoms with Crippen molar-refractivity contribution in [2.75, 3.05) is 14.7 Å². The minimum absolute atomic E-state index is 0.00150. The van der Waals surface area contributed by atoms with Crippen LogP contribution in [-0.2, 0) is 32.5 Å². The maximum absolute atomic E-state index is 2.77. The van der Waals surface area contributed by atoms with Gasteiger partial charge in [-0.05, 0) is 157 Å². The molecule has 0 radical (unpaired) electrons. The smallest absolute Gasteiger partial charge is 0.252 e. The van der Waals surface area contributed by atoms with Crippen LogP contribution in [0.25, 0.3) is 0 Å². The van der Waals surface area contributed by atoms with Crippen LogP contribution in [-0.4, -0.2) is 12.3 Å². The topological polar surface area (TPSA) is 9.72 Å². The van der Waals surface area contributed by atoms with E-state index < -0.39 is 0 Å². The van der Waals surface area contributed by atoms with Gasteiger partial charge in [0.15, 0.2) is 0 Å². The van der Waals surface area contributed by atoms with Crippen LogP contribution in [0.3, 0.4) is 0 Å². The number of benzene rings is 6. The third-order valence-electron chi connectivity index (χ3n) is 16.7. The van der Waals surface area contributed by atoms with Crippen LogP contribution in [0.15, 0.2) is 115 Å². The molecule has 0 amide bonds. The summed E-state index contributed by atoms with van der Waals surface area (Å²) in [6.07, 6.45) is 3.60. The molecule has 1 aliphatic carbocycles. The third kappa shape index (κ3) is 7.04. The van der Waals surface area contributed by atoms with Crippen molar-refractivity contribution in [1.29, 1.82) is 0 Å². The van der Waals surface area contributed by atoms with E-state index in [1.165, 1.54) is 108 Å². The third-order valence-corrected chi connectivity index (χ3v) is 16.7. The first-order valence-electron chi connectivity index (χ1n) is 25.3. The van der Waals surface area contributed by atoms with E-state index in [0.717, 1.165) is 6.42 Å². The van der Waals surface area contributed by atoms with Gasteiger partial charge in [0.1, 0.15) is 0 Å². The van der Waals surface area contributed by atoms with Gasteiger partial charge in [0, 0.05) is 50.9 Å². The van der Waals surface area contributed by atoms with E-state index in [0.29, 0.717) is 0 Å².